The van der Waals surface area contributed by atoms with Gasteiger partial charge in [-0.3, -0.25) is 0 Å². The first-order chi connectivity index (χ1) is 9.96. The number of nitrogens with zero attached hydrogens (tertiary/aromatic N) is 3. The zero-order valence-electron chi connectivity index (χ0n) is 11.3. The quantitative estimate of drug-likeness (QED) is 0.924. The summed E-state index contributed by atoms with van der Waals surface area (Å²) in [4.78, 5) is 3.82. The van der Waals surface area contributed by atoms with Crippen LogP contribution in [0.5, 0.6) is 0 Å². The van der Waals surface area contributed by atoms with Crippen LogP contribution >= 0.6 is 11.6 Å². The van der Waals surface area contributed by atoms with Gasteiger partial charge in [0.1, 0.15) is 23.9 Å². The summed E-state index contributed by atoms with van der Waals surface area (Å²) in [5.74, 6) is 0. The molecule has 0 saturated heterocycles. The van der Waals surface area contributed by atoms with E-state index in [1.807, 2.05) is 0 Å². The fourth-order valence-electron chi connectivity index (χ4n) is 2.51. The van der Waals surface area contributed by atoms with Crippen molar-refractivity contribution >= 4 is 17.2 Å². The first kappa shape index (κ1) is 14.2. The van der Waals surface area contributed by atoms with Crippen LogP contribution in [0.2, 0.25) is 5.02 Å². The lowest BCUT2D eigenvalue weighted by Gasteiger charge is -2.34. The molecule has 1 aromatic heterocycles. The number of rotatable bonds is 5. The van der Waals surface area contributed by atoms with Crippen molar-refractivity contribution in [3.63, 3.8) is 0 Å². The third kappa shape index (κ3) is 2.36. The average Bonchev–Trinajstić information content (AvgIpc) is 3.02. The van der Waals surface area contributed by atoms with E-state index in [1.165, 1.54) is 17.3 Å². The number of hydrogen-bond donors (Lipinski definition) is 1. The van der Waals surface area contributed by atoms with Crippen LogP contribution in [0.25, 0.3) is 5.57 Å². The molecule has 1 saturated carbocycles. The second-order valence-electron chi connectivity index (χ2n) is 5.38. The maximum Gasteiger partial charge on any atom is 0.145 e. The summed E-state index contributed by atoms with van der Waals surface area (Å²) < 4.78 is 16.2. The minimum atomic E-state index is -1.76. The number of benzene rings is 1. The lowest BCUT2D eigenvalue weighted by atomic mass is 9.83. The van der Waals surface area contributed by atoms with Crippen molar-refractivity contribution < 1.29 is 9.50 Å². The molecule has 0 amide bonds. The van der Waals surface area contributed by atoms with E-state index in [0.717, 1.165) is 0 Å². The van der Waals surface area contributed by atoms with Crippen molar-refractivity contribution in [1.29, 1.82) is 0 Å². The van der Waals surface area contributed by atoms with Gasteiger partial charge in [0.15, 0.2) is 0 Å². The highest BCUT2D eigenvalue weighted by Crippen LogP contribution is 2.54. The average molecular weight is 308 g/mol. The van der Waals surface area contributed by atoms with Crippen molar-refractivity contribution in [2.75, 3.05) is 0 Å². The number of hydrogen-bond acceptors (Lipinski definition) is 3. The Labute approximate surface area is 126 Å². The van der Waals surface area contributed by atoms with Gasteiger partial charge in [-0.25, -0.2) is 14.1 Å². The molecule has 1 N–H and O–H groups in total. The first-order valence-corrected chi connectivity index (χ1v) is 7.02. The Morgan fingerprint density at radius 2 is 2.19 bits per heavy atom. The molecule has 0 aliphatic heterocycles. The lowest BCUT2D eigenvalue weighted by molar-refractivity contribution is -0.0157. The number of alkyl halides is 1. The molecule has 0 spiro atoms. The molecule has 3 rings (SSSR count). The van der Waals surface area contributed by atoms with Crippen LogP contribution in [0.15, 0.2) is 43.5 Å². The van der Waals surface area contributed by atoms with Crippen LogP contribution in [0, 0.1) is 0 Å². The molecule has 0 radical (unpaired) electrons. The van der Waals surface area contributed by atoms with Crippen molar-refractivity contribution in [3.8, 4) is 0 Å². The topological polar surface area (TPSA) is 50.9 Å². The molecule has 1 fully saturated rings. The number of aromatic nitrogens is 3. The summed E-state index contributed by atoms with van der Waals surface area (Å²) in [7, 11) is 0. The Morgan fingerprint density at radius 3 is 2.76 bits per heavy atom. The van der Waals surface area contributed by atoms with Crippen LogP contribution in [-0.2, 0) is 6.54 Å². The van der Waals surface area contributed by atoms with Crippen LogP contribution in [0.3, 0.4) is 0 Å². The zero-order valence-corrected chi connectivity index (χ0v) is 12.1. The number of aliphatic hydroxyl groups is 1. The molecule has 6 heteroatoms. The van der Waals surface area contributed by atoms with Crippen molar-refractivity contribution in [2.45, 2.75) is 30.7 Å². The van der Waals surface area contributed by atoms with Gasteiger partial charge in [-0.2, -0.15) is 5.10 Å². The molecular formula is C15H15ClFN3O. The second-order valence-corrected chi connectivity index (χ2v) is 5.78. The Kier molecular flexibility index (Phi) is 3.34. The Hall–Kier alpha value is -1.72. The second kappa shape index (κ2) is 4.93. The minimum Gasteiger partial charge on any atom is -0.380 e. The Bertz CT molecular complexity index is 669. The molecule has 2 aromatic rings. The third-order valence-electron chi connectivity index (χ3n) is 3.99. The van der Waals surface area contributed by atoms with E-state index in [9.17, 15) is 9.50 Å². The van der Waals surface area contributed by atoms with E-state index >= 15 is 0 Å². The van der Waals surface area contributed by atoms with Gasteiger partial charge in [-0.15, -0.1) is 0 Å². The maximum atomic E-state index is 14.8. The van der Waals surface area contributed by atoms with Gasteiger partial charge in [-0.05, 0) is 30.0 Å². The first-order valence-electron chi connectivity index (χ1n) is 6.64. The van der Waals surface area contributed by atoms with Crippen LogP contribution in [-0.4, -0.2) is 31.1 Å². The largest absolute Gasteiger partial charge is 0.380 e. The Balaban J connectivity index is 2.00. The summed E-state index contributed by atoms with van der Waals surface area (Å²) in [6.07, 6.45) is 3.37. The molecule has 21 heavy (non-hydrogen) atoms. The molecule has 110 valence electrons. The summed E-state index contributed by atoms with van der Waals surface area (Å²) in [5, 5.41) is 15.4. The van der Waals surface area contributed by atoms with E-state index in [4.69, 9.17) is 11.6 Å². The van der Waals surface area contributed by atoms with Gasteiger partial charge in [0.2, 0.25) is 0 Å². The normalized spacial score (nSPS) is 19.0. The molecular weight excluding hydrogens is 293 g/mol. The van der Waals surface area contributed by atoms with E-state index in [1.54, 1.807) is 24.3 Å². The fourth-order valence-corrected chi connectivity index (χ4v) is 2.76. The maximum absolute atomic E-state index is 14.8. The minimum absolute atomic E-state index is 0.0481. The molecule has 1 aliphatic carbocycles. The lowest BCUT2D eigenvalue weighted by Crippen LogP contribution is -2.46. The molecule has 1 heterocycles. The van der Waals surface area contributed by atoms with Gasteiger partial charge in [0, 0.05) is 5.02 Å². The molecule has 1 aromatic carbocycles. The SMILES string of the molecule is C=C(c1ccccc1Cl)C(O)(Cn1cncn1)C1(F)CC1. The molecule has 1 aliphatic rings. The van der Waals surface area contributed by atoms with Gasteiger partial charge in [0.25, 0.3) is 0 Å². The van der Waals surface area contributed by atoms with Crippen LogP contribution in [0.1, 0.15) is 18.4 Å². The van der Waals surface area contributed by atoms with Crippen LogP contribution < -0.4 is 0 Å². The summed E-state index contributed by atoms with van der Waals surface area (Å²) in [6, 6.07) is 6.97. The van der Waals surface area contributed by atoms with E-state index in [2.05, 4.69) is 16.7 Å². The molecule has 1 atom stereocenters. The highest BCUT2D eigenvalue weighted by molar-refractivity contribution is 6.32. The van der Waals surface area contributed by atoms with Gasteiger partial charge in [-0.1, -0.05) is 36.4 Å². The predicted octanol–water partition coefficient (Wildman–Crippen LogP) is 2.88. The monoisotopic (exact) mass is 307 g/mol. The summed E-state index contributed by atoms with van der Waals surface area (Å²) in [5.41, 5.74) is -2.64. The van der Waals surface area contributed by atoms with Gasteiger partial charge < -0.3 is 5.11 Å². The highest BCUT2D eigenvalue weighted by Gasteiger charge is 2.62. The highest BCUT2D eigenvalue weighted by atomic mass is 35.5. The molecule has 4 nitrogen and oxygen atoms in total. The number of halogens is 2. The molecule has 0 bridgehead atoms. The van der Waals surface area contributed by atoms with Crippen LogP contribution in [0.4, 0.5) is 4.39 Å². The van der Waals surface area contributed by atoms with Crippen molar-refractivity contribution in [1.82, 2.24) is 14.8 Å². The van der Waals surface area contributed by atoms with Gasteiger partial charge in [0.05, 0.1) is 6.54 Å². The smallest absolute Gasteiger partial charge is 0.145 e. The van der Waals surface area contributed by atoms with E-state index in [0.29, 0.717) is 23.4 Å². The van der Waals surface area contributed by atoms with Gasteiger partial charge >= 0.3 is 0 Å². The summed E-state index contributed by atoms with van der Waals surface area (Å²) >= 11 is 6.15. The Morgan fingerprint density at radius 1 is 1.48 bits per heavy atom. The van der Waals surface area contributed by atoms with E-state index < -0.39 is 11.3 Å². The van der Waals surface area contributed by atoms with E-state index in [-0.39, 0.29) is 12.1 Å². The predicted molar refractivity (Wildman–Crippen MR) is 78.5 cm³/mol. The standard InChI is InChI=1S/C15H15ClFN3O/c1-11(12-4-2-3-5-13(12)16)15(21,14(17)6-7-14)8-20-10-18-9-19-20/h2-5,9-10,21H,1,6-8H2. The fraction of sp³-hybridized carbons (Fsp3) is 0.333. The zero-order chi connectivity index (χ0) is 15.1. The van der Waals surface area contributed by atoms with Crippen molar-refractivity contribution in [2.24, 2.45) is 0 Å². The third-order valence-corrected chi connectivity index (χ3v) is 4.32. The molecule has 1 unspecified atom stereocenters. The van der Waals surface area contributed by atoms with Crippen molar-refractivity contribution in [3.05, 3.63) is 54.1 Å². The summed E-state index contributed by atoms with van der Waals surface area (Å²) in [6.45, 7) is 3.86.